The number of ether oxygens (including phenoxy) is 1. The average Bonchev–Trinajstić information content (AvgIpc) is 3.58. The number of H-pyrrole nitrogens is 2. The average molecular weight is 484 g/mol. The number of hydrogen-bond acceptors (Lipinski definition) is 6. The second kappa shape index (κ2) is 9.50. The molecule has 0 amide bonds. The summed E-state index contributed by atoms with van der Waals surface area (Å²) < 4.78 is 19.9. The van der Waals surface area contributed by atoms with Crippen molar-refractivity contribution in [2.75, 3.05) is 20.2 Å². The van der Waals surface area contributed by atoms with Gasteiger partial charge in [0, 0.05) is 53.5 Å². The van der Waals surface area contributed by atoms with Gasteiger partial charge < -0.3 is 4.74 Å². The fourth-order valence-corrected chi connectivity index (χ4v) is 5.00. The zero-order valence-electron chi connectivity index (χ0n) is 19.9. The van der Waals surface area contributed by atoms with Gasteiger partial charge in [0.2, 0.25) is 0 Å². The molecule has 1 fully saturated rings. The maximum Gasteiger partial charge on any atom is 0.181 e. The van der Waals surface area contributed by atoms with Crippen molar-refractivity contribution in [3.8, 4) is 28.4 Å². The summed E-state index contributed by atoms with van der Waals surface area (Å²) in [4.78, 5) is 11.2. The molecule has 8 nitrogen and oxygen atoms in total. The zero-order valence-corrected chi connectivity index (χ0v) is 19.9. The third-order valence-electron chi connectivity index (χ3n) is 6.85. The molecule has 0 bridgehead atoms. The van der Waals surface area contributed by atoms with Crippen LogP contribution in [0.4, 0.5) is 4.39 Å². The molecule has 3 aromatic heterocycles. The molecule has 182 valence electrons. The molecular formula is C27H26FN7O. The molecule has 2 aromatic carbocycles. The van der Waals surface area contributed by atoms with Gasteiger partial charge in [-0.2, -0.15) is 10.2 Å². The van der Waals surface area contributed by atoms with Gasteiger partial charge in [-0.1, -0.05) is 6.07 Å². The van der Waals surface area contributed by atoms with E-state index in [4.69, 9.17) is 9.72 Å². The fraction of sp³-hybridized carbons (Fsp3) is 0.259. The number of benzene rings is 2. The quantitative estimate of drug-likeness (QED) is 0.355. The van der Waals surface area contributed by atoms with Crippen molar-refractivity contribution in [2.45, 2.75) is 25.3 Å². The van der Waals surface area contributed by atoms with Crippen LogP contribution in [0.3, 0.4) is 0 Å². The Morgan fingerprint density at radius 3 is 2.81 bits per heavy atom. The van der Waals surface area contributed by atoms with Gasteiger partial charge in [-0.25, -0.2) is 9.37 Å². The minimum absolute atomic E-state index is 0.197. The summed E-state index contributed by atoms with van der Waals surface area (Å²) in [6, 6.07) is 14.9. The SMILES string of the molecule is COc1cccc(F)c1CN1CCC[C@@H](c2nc(-c3ccc4[nH]nc(-c5ccncc5)c4c3)n[nH]2)C1. The van der Waals surface area contributed by atoms with Crippen molar-refractivity contribution in [1.82, 2.24) is 35.3 Å². The van der Waals surface area contributed by atoms with Gasteiger partial charge in [-0.3, -0.25) is 20.1 Å². The summed E-state index contributed by atoms with van der Waals surface area (Å²) in [6.07, 6.45) is 5.54. The molecule has 6 rings (SSSR count). The van der Waals surface area contributed by atoms with Gasteiger partial charge in [0.1, 0.15) is 23.1 Å². The minimum Gasteiger partial charge on any atom is -0.496 e. The van der Waals surface area contributed by atoms with Crippen molar-refractivity contribution >= 4 is 10.9 Å². The van der Waals surface area contributed by atoms with E-state index >= 15 is 0 Å². The van der Waals surface area contributed by atoms with Crippen LogP contribution in [0.2, 0.25) is 0 Å². The number of pyridine rings is 1. The van der Waals surface area contributed by atoms with Crippen LogP contribution in [-0.2, 0) is 6.54 Å². The first-order chi connectivity index (χ1) is 17.7. The highest BCUT2D eigenvalue weighted by Crippen LogP contribution is 2.32. The summed E-state index contributed by atoms with van der Waals surface area (Å²) in [6.45, 7) is 2.19. The van der Waals surface area contributed by atoms with Gasteiger partial charge in [0.15, 0.2) is 5.82 Å². The van der Waals surface area contributed by atoms with Crippen LogP contribution in [0, 0.1) is 5.82 Å². The lowest BCUT2D eigenvalue weighted by Gasteiger charge is -2.32. The second-order valence-corrected chi connectivity index (χ2v) is 9.11. The first-order valence-electron chi connectivity index (χ1n) is 12.0. The van der Waals surface area contributed by atoms with Crippen molar-refractivity contribution < 1.29 is 9.13 Å². The number of piperidine rings is 1. The molecule has 0 spiro atoms. The summed E-state index contributed by atoms with van der Waals surface area (Å²) in [7, 11) is 1.58. The van der Waals surface area contributed by atoms with Crippen molar-refractivity contribution in [1.29, 1.82) is 0 Å². The number of aromatic nitrogens is 6. The van der Waals surface area contributed by atoms with Crippen LogP contribution in [0.1, 0.15) is 30.1 Å². The van der Waals surface area contributed by atoms with Crippen LogP contribution < -0.4 is 4.74 Å². The van der Waals surface area contributed by atoms with E-state index in [0.717, 1.165) is 59.5 Å². The minimum atomic E-state index is -0.237. The number of nitrogens with one attached hydrogen (secondary N) is 2. The molecule has 2 N–H and O–H groups in total. The van der Waals surface area contributed by atoms with Crippen LogP contribution >= 0.6 is 0 Å². The molecule has 1 saturated heterocycles. The largest absolute Gasteiger partial charge is 0.496 e. The number of likely N-dealkylation sites (tertiary alicyclic amines) is 1. The summed E-state index contributed by atoms with van der Waals surface area (Å²) in [5, 5.41) is 16.3. The van der Waals surface area contributed by atoms with E-state index < -0.39 is 0 Å². The number of nitrogens with zero attached hydrogens (tertiary/aromatic N) is 5. The maximum atomic E-state index is 14.5. The van der Waals surface area contributed by atoms with Crippen LogP contribution in [0.15, 0.2) is 60.9 Å². The van der Waals surface area contributed by atoms with Crippen LogP contribution in [0.25, 0.3) is 33.5 Å². The van der Waals surface area contributed by atoms with E-state index in [9.17, 15) is 4.39 Å². The van der Waals surface area contributed by atoms with Crippen LogP contribution in [-0.4, -0.2) is 55.5 Å². The Kier molecular flexibility index (Phi) is 5.90. The van der Waals surface area contributed by atoms with Crippen molar-refractivity contribution in [2.24, 2.45) is 0 Å². The molecular weight excluding hydrogens is 457 g/mol. The van der Waals surface area contributed by atoms with Gasteiger partial charge in [-0.05, 0) is 61.9 Å². The standard InChI is InChI=1S/C27H26FN7O/c1-36-24-6-2-5-22(28)21(24)16-35-13-3-4-19(15-35)27-30-26(33-34-27)18-7-8-23-20(14-18)25(32-31-23)17-9-11-29-12-10-17/h2,5-12,14,19H,3-4,13,15-16H2,1H3,(H,31,32)(H,30,33,34)/t19-/m1/s1. The molecule has 0 aliphatic carbocycles. The molecule has 4 heterocycles. The smallest absolute Gasteiger partial charge is 0.181 e. The Morgan fingerprint density at radius 1 is 1.06 bits per heavy atom. The molecule has 5 aromatic rings. The Hall–Kier alpha value is -4.11. The lowest BCUT2D eigenvalue weighted by atomic mass is 9.96. The number of rotatable bonds is 6. The zero-order chi connectivity index (χ0) is 24.5. The molecule has 0 saturated carbocycles. The molecule has 1 aliphatic heterocycles. The van der Waals surface area contributed by atoms with E-state index in [0.29, 0.717) is 23.7 Å². The van der Waals surface area contributed by atoms with E-state index in [1.165, 1.54) is 6.07 Å². The highest BCUT2D eigenvalue weighted by molar-refractivity contribution is 5.95. The summed E-state index contributed by atoms with van der Waals surface area (Å²) in [5.74, 6) is 2.06. The van der Waals surface area contributed by atoms with Crippen LogP contribution in [0.5, 0.6) is 5.75 Å². The van der Waals surface area contributed by atoms with E-state index in [1.54, 1.807) is 31.6 Å². The van der Waals surface area contributed by atoms with E-state index in [1.807, 2.05) is 24.3 Å². The topological polar surface area (TPSA) is 95.6 Å². The molecule has 1 aliphatic rings. The fourth-order valence-electron chi connectivity index (χ4n) is 5.00. The Balaban J connectivity index is 1.23. The molecule has 1 atom stereocenters. The Labute approximate surface area is 207 Å². The number of fused-ring (bicyclic) bond motifs is 1. The number of methoxy groups -OCH3 is 1. The van der Waals surface area contributed by atoms with Gasteiger partial charge in [0.25, 0.3) is 0 Å². The normalized spacial score (nSPS) is 16.4. The third kappa shape index (κ3) is 4.22. The number of halogens is 1. The second-order valence-electron chi connectivity index (χ2n) is 9.11. The first kappa shape index (κ1) is 22.4. The highest BCUT2D eigenvalue weighted by Gasteiger charge is 2.26. The molecule has 36 heavy (non-hydrogen) atoms. The number of hydrogen-bond donors (Lipinski definition) is 2. The predicted molar refractivity (Wildman–Crippen MR) is 135 cm³/mol. The molecule has 0 unspecified atom stereocenters. The maximum absolute atomic E-state index is 14.5. The van der Waals surface area contributed by atoms with Gasteiger partial charge in [0.05, 0.1) is 12.6 Å². The lowest BCUT2D eigenvalue weighted by Crippen LogP contribution is -2.34. The highest BCUT2D eigenvalue weighted by atomic mass is 19.1. The van der Waals surface area contributed by atoms with Crippen molar-refractivity contribution in [3.05, 3.63) is 78.1 Å². The molecule has 0 radical (unpaired) electrons. The van der Waals surface area contributed by atoms with Gasteiger partial charge >= 0.3 is 0 Å². The first-order valence-corrected chi connectivity index (χ1v) is 12.0. The van der Waals surface area contributed by atoms with Crippen molar-refractivity contribution in [3.63, 3.8) is 0 Å². The summed E-state index contributed by atoms with van der Waals surface area (Å²) in [5.41, 5.74) is 4.34. The lowest BCUT2D eigenvalue weighted by molar-refractivity contribution is 0.192. The molecule has 9 heteroatoms. The Bertz CT molecular complexity index is 1500. The van der Waals surface area contributed by atoms with Gasteiger partial charge in [-0.15, -0.1) is 0 Å². The predicted octanol–water partition coefficient (Wildman–Crippen LogP) is 4.94. The summed E-state index contributed by atoms with van der Waals surface area (Å²) >= 11 is 0. The Morgan fingerprint density at radius 2 is 1.94 bits per heavy atom. The monoisotopic (exact) mass is 483 g/mol. The van der Waals surface area contributed by atoms with E-state index in [2.05, 4.69) is 36.3 Å². The number of aromatic amines is 2. The third-order valence-corrected chi connectivity index (χ3v) is 6.85. The van der Waals surface area contributed by atoms with E-state index in [-0.39, 0.29) is 11.7 Å².